The molecule has 1 aliphatic heterocycles. The SMILES string of the molecule is CS(=O)(=O)N1CCCC(CN(CCBr)CC(F)F)C1. The molecule has 1 unspecified atom stereocenters. The van der Waals surface area contributed by atoms with Crippen molar-refractivity contribution in [2.45, 2.75) is 19.3 Å². The quantitative estimate of drug-likeness (QED) is 0.646. The second-order valence-corrected chi connectivity index (χ2v) is 7.74. The third kappa shape index (κ3) is 6.46. The van der Waals surface area contributed by atoms with E-state index in [1.54, 1.807) is 4.90 Å². The molecule has 114 valence electrons. The van der Waals surface area contributed by atoms with Gasteiger partial charge in [0, 0.05) is 31.5 Å². The molecule has 8 heteroatoms. The van der Waals surface area contributed by atoms with E-state index in [2.05, 4.69) is 15.9 Å². The molecule has 0 aromatic rings. The van der Waals surface area contributed by atoms with Gasteiger partial charge in [-0.15, -0.1) is 0 Å². The highest BCUT2D eigenvalue weighted by atomic mass is 79.9. The van der Waals surface area contributed by atoms with Crippen molar-refractivity contribution >= 4 is 26.0 Å². The van der Waals surface area contributed by atoms with Crippen molar-refractivity contribution in [1.82, 2.24) is 9.21 Å². The smallest absolute Gasteiger partial charge is 0.251 e. The van der Waals surface area contributed by atoms with Gasteiger partial charge in [0.05, 0.1) is 12.8 Å². The molecule has 1 atom stereocenters. The minimum absolute atomic E-state index is 0.140. The standard InChI is InChI=1S/C11H21BrF2N2O2S/c1-19(17,18)16-5-2-3-10(8-16)7-15(6-4-12)9-11(13)14/h10-11H,2-9H2,1H3. The van der Waals surface area contributed by atoms with E-state index in [9.17, 15) is 17.2 Å². The van der Waals surface area contributed by atoms with E-state index in [0.717, 1.165) is 12.8 Å². The first-order valence-corrected chi connectivity index (χ1v) is 9.31. The molecule has 1 fully saturated rings. The highest BCUT2D eigenvalue weighted by molar-refractivity contribution is 9.09. The minimum Gasteiger partial charge on any atom is -0.297 e. The van der Waals surface area contributed by atoms with E-state index in [4.69, 9.17) is 0 Å². The molecule has 0 saturated carbocycles. The van der Waals surface area contributed by atoms with Crippen molar-refractivity contribution in [3.63, 3.8) is 0 Å². The van der Waals surface area contributed by atoms with Gasteiger partial charge in [0.15, 0.2) is 0 Å². The van der Waals surface area contributed by atoms with Crippen LogP contribution >= 0.6 is 15.9 Å². The summed E-state index contributed by atoms with van der Waals surface area (Å²) in [5.41, 5.74) is 0. The molecule has 0 aromatic heterocycles. The lowest BCUT2D eigenvalue weighted by molar-refractivity contribution is 0.0769. The third-order valence-electron chi connectivity index (χ3n) is 3.26. The molecule has 1 aliphatic rings. The Kier molecular flexibility index (Phi) is 7.13. The van der Waals surface area contributed by atoms with Gasteiger partial charge in [0.25, 0.3) is 6.43 Å². The van der Waals surface area contributed by atoms with E-state index >= 15 is 0 Å². The van der Waals surface area contributed by atoms with Gasteiger partial charge in [-0.3, -0.25) is 4.90 Å². The van der Waals surface area contributed by atoms with Crippen molar-refractivity contribution in [3.05, 3.63) is 0 Å². The monoisotopic (exact) mass is 362 g/mol. The molecule has 0 bridgehead atoms. The first kappa shape index (κ1) is 17.3. The molecule has 0 aliphatic carbocycles. The number of alkyl halides is 3. The number of hydrogen-bond donors (Lipinski definition) is 0. The van der Waals surface area contributed by atoms with Crippen molar-refractivity contribution < 1.29 is 17.2 Å². The Bertz CT molecular complexity index is 368. The lowest BCUT2D eigenvalue weighted by Gasteiger charge is -2.34. The molecule has 4 nitrogen and oxygen atoms in total. The van der Waals surface area contributed by atoms with E-state index in [1.165, 1.54) is 10.6 Å². The average molecular weight is 363 g/mol. The van der Waals surface area contributed by atoms with Crippen LogP contribution in [0.15, 0.2) is 0 Å². The predicted octanol–water partition coefficient (Wildman–Crippen LogP) is 1.62. The molecule has 1 rings (SSSR count). The van der Waals surface area contributed by atoms with Gasteiger partial charge in [-0.05, 0) is 18.8 Å². The van der Waals surface area contributed by atoms with E-state index in [0.29, 0.717) is 31.5 Å². The number of nitrogens with zero attached hydrogens (tertiary/aromatic N) is 2. The summed E-state index contributed by atoms with van der Waals surface area (Å²) in [7, 11) is -3.17. The van der Waals surface area contributed by atoms with Gasteiger partial charge in [0.1, 0.15) is 0 Å². The van der Waals surface area contributed by atoms with Crippen LogP contribution in [-0.4, -0.2) is 68.4 Å². The molecular formula is C11H21BrF2N2O2S. The van der Waals surface area contributed by atoms with Crippen LogP contribution in [0.1, 0.15) is 12.8 Å². The van der Waals surface area contributed by atoms with Crippen LogP contribution in [0.25, 0.3) is 0 Å². The predicted molar refractivity (Wildman–Crippen MR) is 75.4 cm³/mol. The zero-order chi connectivity index (χ0) is 14.5. The Balaban J connectivity index is 2.54. The maximum Gasteiger partial charge on any atom is 0.251 e. The second-order valence-electron chi connectivity index (χ2n) is 4.97. The normalized spacial score (nSPS) is 22.3. The summed E-state index contributed by atoms with van der Waals surface area (Å²) in [6.07, 6.45) is 0.543. The van der Waals surface area contributed by atoms with Crippen LogP contribution in [0.2, 0.25) is 0 Å². The van der Waals surface area contributed by atoms with Gasteiger partial charge < -0.3 is 0 Å². The maximum absolute atomic E-state index is 12.5. The number of halogens is 3. The van der Waals surface area contributed by atoms with Gasteiger partial charge in [-0.1, -0.05) is 15.9 Å². The molecule has 0 radical (unpaired) electrons. The molecule has 19 heavy (non-hydrogen) atoms. The fraction of sp³-hybridized carbons (Fsp3) is 1.00. The van der Waals surface area contributed by atoms with Crippen LogP contribution in [0, 0.1) is 5.92 Å². The molecule has 0 spiro atoms. The Morgan fingerprint density at radius 1 is 1.47 bits per heavy atom. The summed E-state index contributed by atoms with van der Waals surface area (Å²) in [6, 6.07) is 0. The topological polar surface area (TPSA) is 40.6 Å². The summed E-state index contributed by atoms with van der Waals surface area (Å²) in [6.45, 7) is 1.83. The highest BCUT2D eigenvalue weighted by Gasteiger charge is 2.27. The zero-order valence-corrected chi connectivity index (χ0v) is 13.5. The maximum atomic E-state index is 12.5. The van der Waals surface area contributed by atoms with Crippen molar-refractivity contribution in [2.24, 2.45) is 5.92 Å². The summed E-state index contributed by atoms with van der Waals surface area (Å²) in [4.78, 5) is 1.70. The Labute approximate surface area is 122 Å². The van der Waals surface area contributed by atoms with Crippen LogP contribution < -0.4 is 0 Å². The van der Waals surface area contributed by atoms with Crippen molar-refractivity contribution in [2.75, 3.05) is 44.3 Å². The van der Waals surface area contributed by atoms with Crippen LogP contribution in [0.5, 0.6) is 0 Å². The Morgan fingerprint density at radius 3 is 2.68 bits per heavy atom. The number of sulfonamides is 1. The van der Waals surface area contributed by atoms with Crippen molar-refractivity contribution in [3.8, 4) is 0 Å². The molecule has 1 saturated heterocycles. The minimum atomic E-state index is -3.17. The molecule has 0 aromatic carbocycles. The lowest BCUT2D eigenvalue weighted by Crippen LogP contribution is -2.44. The zero-order valence-electron chi connectivity index (χ0n) is 11.1. The summed E-state index contributed by atoms with van der Waals surface area (Å²) in [5.74, 6) is 0.140. The van der Waals surface area contributed by atoms with Gasteiger partial charge in [0.2, 0.25) is 10.0 Å². The van der Waals surface area contributed by atoms with Crippen LogP contribution in [0.4, 0.5) is 8.78 Å². The number of piperidine rings is 1. The molecule has 0 N–H and O–H groups in total. The first-order chi connectivity index (χ1) is 8.82. The van der Waals surface area contributed by atoms with Gasteiger partial charge in [-0.25, -0.2) is 21.5 Å². The van der Waals surface area contributed by atoms with Gasteiger partial charge in [-0.2, -0.15) is 0 Å². The van der Waals surface area contributed by atoms with Crippen LogP contribution in [0.3, 0.4) is 0 Å². The fourth-order valence-electron chi connectivity index (χ4n) is 2.41. The molecule has 1 heterocycles. The summed E-state index contributed by atoms with van der Waals surface area (Å²) in [5, 5.41) is 0.641. The second kappa shape index (κ2) is 7.85. The number of hydrogen-bond acceptors (Lipinski definition) is 3. The highest BCUT2D eigenvalue weighted by Crippen LogP contribution is 2.20. The van der Waals surface area contributed by atoms with E-state index in [1.807, 2.05) is 0 Å². The largest absolute Gasteiger partial charge is 0.297 e. The molecule has 0 amide bonds. The first-order valence-electron chi connectivity index (χ1n) is 6.34. The average Bonchev–Trinajstić information content (AvgIpc) is 2.27. The van der Waals surface area contributed by atoms with Gasteiger partial charge >= 0.3 is 0 Å². The third-order valence-corrected chi connectivity index (χ3v) is 4.89. The summed E-state index contributed by atoms with van der Waals surface area (Å²) >= 11 is 3.26. The van der Waals surface area contributed by atoms with Crippen molar-refractivity contribution in [1.29, 1.82) is 0 Å². The summed E-state index contributed by atoms with van der Waals surface area (Å²) < 4.78 is 49.4. The van der Waals surface area contributed by atoms with E-state index < -0.39 is 16.4 Å². The Morgan fingerprint density at radius 2 is 2.16 bits per heavy atom. The Hall–Kier alpha value is 0.210. The number of rotatable bonds is 7. The fourth-order valence-corrected chi connectivity index (χ4v) is 3.86. The lowest BCUT2D eigenvalue weighted by atomic mass is 9.99. The van der Waals surface area contributed by atoms with E-state index in [-0.39, 0.29) is 12.5 Å². The molecular weight excluding hydrogens is 342 g/mol. The van der Waals surface area contributed by atoms with Crippen LogP contribution in [-0.2, 0) is 10.0 Å².